The second kappa shape index (κ2) is 5.27. The van der Waals surface area contributed by atoms with Crippen LogP contribution in [-0.4, -0.2) is 37.6 Å². The van der Waals surface area contributed by atoms with Crippen molar-refractivity contribution in [3.8, 4) is 0 Å². The highest BCUT2D eigenvalue weighted by atomic mass is 32.2. The number of rotatable bonds is 4. The molecule has 0 bridgehead atoms. The number of alkyl halides is 2. The van der Waals surface area contributed by atoms with Gasteiger partial charge in [0, 0.05) is 31.5 Å². The summed E-state index contributed by atoms with van der Waals surface area (Å²) in [7, 11) is -3.80. The minimum Gasteiger partial charge on any atom is -0.268 e. The van der Waals surface area contributed by atoms with Crippen LogP contribution in [-0.2, 0) is 10.2 Å². The van der Waals surface area contributed by atoms with Crippen molar-refractivity contribution < 1.29 is 22.0 Å². The second-order valence-electron chi connectivity index (χ2n) is 5.78. The number of hydrogen-bond donors (Lipinski definition) is 1. The van der Waals surface area contributed by atoms with Crippen LogP contribution in [0.1, 0.15) is 41.1 Å². The number of carbonyl (C=O) groups excluding carboxylic acids is 1. The summed E-state index contributed by atoms with van der Waals surface area (Å²) in [5.41, 5.74) is 0.803. The zero-order valence-electron chi connectivity index (χ0n) is 11.8. The molecule has 0 atom stereocenters. The zero-order valence-corrected chi connectivity index (χ0v) is 12.6. The van der Waals surface area contributed by atoms with Gasteiger partial charge in [-0.25, -0.2) is 13.5 Å². The Labute approximate surface area is 127 Å². The fraction of sp³-hybridized carbons (Fsp3) is 0.500. The summed E-state index contributed by atoms with van der Waals surface area (Å²) >= 11 is 0. The van der Waals surface area contributed by atoms with Crippen LogP contribution in [0, 0.1) is 0 Å². The standard InChI is InChI=1S/C14H16F2N2O3S/c15-14(16)8-12(9-14)10-3-1-4-11(7-10)13(19)17-22(20,21)18-5-2-6-18/h1,3-4,7,12H,2,5-6,8-9H2,(H,17,19). The van der Waals surface area contributed by atoms with Crippen molar-refractivity contribution in [1.29, 1.82) is 0 Å². The molecular weight excluding hydrogens is 314 g/mol. The highest BCUT2D eigenvalue weighted by Gasteiger charge is 2.45. The lowest BCUT2D eigenvalue weighted by atomic mass is 9.76. The van der Waals surface area contributed by atoms with Gasteiger partial charge in [-0.15, -0.1) is 0 Å². The maximum atomic E-state index is 12.9. The van der Waals surface area contributed by atoms with Crippen molar-refractivity contribution in [2.24, 2.45) is 0 Å². The minimum atomic E-state index is -3.80. The van der Waals surface area contributed by atoms with Gasteiger partial charge in [0.05, 0.1) is 0 Å². The molecule has 1 aromatic rings. The van der Waals surface area contributed by atoms with E-state index in [0.29, 0.717) is 18.7 Å². The number of nitrogens with zero attached hydrogens (tertiary/aromatic N) is 1. The summed E-state index contributed by atoms with van der Waals surface area (Å²) in [4.78, 5) is 12.0. The van der Waals surface area contributed by atoms with Crippen LogP contribution in [0.25, 0.3) is 0 Å². The van der Waals surface area contributed by atoms with Gasteiger partial charge in [0.15, 0.2) is 0 Å². The Kier molecular flexibility index (Phi) is 3.68. The summed E-state index contributed by atoms with van der Waals surface area (Å²) in [6.45, 7) is 0.805. The van der Waals surface area contributed by atoms with Gasteiger partial charge in [-0.1, -0.05) is 12.1 Å². The summed E-state index contributed by atoms with van der Waals surface area (Å²) in [5.74, 6) is -3.65. The van der Waals surface area contributed by atoms with Crippen LogP contribution in [0.15, 0.2) is 24.3 Å². The Hall–Kier alpha value is -1.54. The molecule has 120 valence electrons. The first kappa shape index (κ1) is 15.4. The molecule has 1 saturated heterocycles. The van der Waals surface area contributed by atoms with Crippen molar-refractivity contribution in [2.45, 2.75) is 31.1 Å². The maximum Gasteiger partial charge on any atom is 0.304 e. The zero-order chi connectivity index (χ0) is 16.0. The predicted molar refractivity (Wildman–Crippen MR) is 75.9 cm³/mol. The molecule has 1 heterocycles. The van der Waals surface area contributed by atoms with Crippen molar-refractivity contribution in [1.82, 2.24) is 9.03 Å². The monoisotopic (exact) mass is 330 g/mol. The highest BCUT2D eigenvalue weighted by Crippen LogP contribution is 2.48. The number of carbonyl (C=O) groups is 1. The number of benzene rings is 1. The lowest BCUT2D eigenvalue weighted by molar-refractivity contribution is -0.0867. The van der Waals surface area contributed by atoms with E-state index >= 15 is 0 Å². The molecule has 8 heteroatoms. The average molecular weight is 330 g/mol. The number of nitrogens with one attached hydrogen (secondary N) is 1. The Bertz CT molecular complexity index is 694. The fourth-order valence-electron chi connectivity index (χ4n) is 2.60. The van der Waals surface area contributed by atoms with Crippen molar-refractivity contribution in [3.63, 3.8) is 0 Å². The first-order chi connectivity index (χ1) is 10.3. The Morgan fingerprint density at radius 2 is 1.95 bits per heavy atom. The quantitative estimate of drug-likeness (QED) is 0.917. The first-order valence-electron chi connectivity index (χ1n) is 7.07. The van der Waals surface area contributed by atoms with E-state index in [1.165, 1.54) is 16.4 Å². The summed E-state index contributed by atoms with van der Waals surface area (Å²) in [5, 5.41) is 0. The van der Waals surface area contributed by atoms with Crippen LogP contribution >= 0.6 is 0 Å². The molecule has 0 unspecified atom stereocenters. The molecule has 5 nitrogen and oxygen atoms in total. The Morgan fingerprint density at radius 1 is 1.27 bits per heavy atom. The smallest absolute Gasteiger partial charge is 0.268 e. The SMILES string of the molecule is O=C(NS(=O)(=O)N1CCC1)c1cccc(C2CC(F)(F)C2)c1. The molecule has 2 aliphatic rings. The maximum absolute atomic E-state index is 12.9. The molecule has 1 aliphatic heterocycles. The Balaban J connectivity index is 1.71. The first-order valence-corrected chi connectivity index (χ1v) is 8.51. The molecular formula is C14H16F2N2O3S. The second-order valence-corrected chi connectivity index (χ2v) is 7.45. The van der Waals surface area contributed by atoms with Crippen molar-refractivity contribution in [2.75, 3.05) is 13.1 Å². The predicted octanol–water partition coefficient (Wildman–Crippen LogP) is 1.88. The van der Waals surface area contributed by atoms with E-state index in [2.05, 4.69) is 0 Å². The summed E-state index contributed by atoms with van der Waals surface area (Å²) in [6, 6.07) is 6.22. The van der Waals surface area contributed by atoms with Crippen molar-refractivity contribution in [3.05, 3.63) is 35.4 Å². The number of halogens is 2. The average Bonchev–Trinajstić information content (AvgIpc) is 2.32. The van der Waals surface area contributed by atoms with Gasteiger partial charge in [0.2, 0.25) is 5.92 Å². The van der Waals surface area contributed by atoms with Gasteiger partial charge in [-0.05, 0) is 30.0 Å². The molecule has 1 aliphatic carbocycles. The van der Waals surface area contributed by atoms with Gasteiger partial charge in [0.25, 0.3) is 5.91 Å². The topological polar surface area (TPSA) is 66.5 Å². The lowest BCUT2D eigenvalue weighted by Gasteiger charge is -2.35. The minimum absolute atomic E-state index is 0.164. The molecule has 0 spiro atoms. The van der Waals surface area contributed by atoms with Crippen LogP contribution < -0.4 is 4.72 Å². The summed E-state index contributed by atoms with van der Waals surface area (Å²) in [6.07, 6.45) is 0.314. The third-order valence-corrected chi connectivity index (χ3v) is 5.58. The van der Waals surface area contributed by atoms with E-state index in [9.17, 15) is 22.0 Å². The molecule has 1 aromatic carbocycles. The van der Waals surface area contributed by atoms with E-state index in [1.807, 2.05) is 4.72 Å². The van der Waals surface area contributed by atoms with Gasteiger partial charge in [0.1, 0.15) is 0 Å². The molecule has 1 amide bonds. The number of hydrogen-bond acceptors (Lipinski definition) is 3. The van der Waals surface area contributed by atoms with E-state index in [4.69, 9.17) is 0 Å². The van der Waals surface area contributed by atoms with E-state index in [-0.39, 0.29) is 24.3 Å². The van der Waals surface area contributed by atoms with Gasteiger partial charge in [-0.3, -0.25) is 4.79 Å². The largest absolute Gasteiger partial charge is 0.304 e. The van der Waals surface area contributed by atoms with E-state index < -0.39 is 22.0 Å². The third-order valence-electron chi connectivity index (χ3n) is 4.09. The summed E-state index contributed by atoms with van der Waals surface area (Å²) < 4.78 is 52.8. The van der Waals surface area contributed by atoms with Crippen LogP contribution in [0.5, 0.6) is 0 Å². The lowest BCUT2D eigenvalue weighted by Crippen LogP contribution is -2.49. The molecule has 0 aromatic heterocycles. The van der Waals surface area contributed by atoms with Gasteiger partial charge >= 0.3 is 10.2 Å². The molecule has 1 N–H and O–H groups in total. The molecule has 2 fully saturated rings. The van der Waals surface area contributed by atoms with Crippen LogP contribution in [0.3, 0.4) is 0 Å². The van der Waals surface area contributed by atoms with Crippen LogP contribution in [0.4, 0.5) is 8.78 Å². The van der Waals surface area contributed by atoms with Gasteiger partial charge < -0.3 is 0 Å². The van der Waals surface area contributed by atoms with Crippen molar-refractivity contribution >= 4 is 16.1 Å². The molecule has 3 rings (SSSR count). The van der Waals surface area contributed by atoms with E-state index in [0.717, 1.165) is 6.42 Å². The van der Waals surface area contributed by atoms with Crippen LogP contribution in [0.2, 0.25) is 0 Å². The molecule has 22 heavy (non-hydrogen) atoms. The normalized spacial score (nSPS) is 21.7. The highest BCUT2D eigenvalue weighted by molar-refractivity contribution is 7.87. The molecule has 0 radical (unpaired) electrons. The number of amides is 1. The Morgan fingerprint density at radius 3 is 2.50 bits per heavy atom. The molecule has 1 saturated carbocycles. The fourth-order valence-corrected chi connectivity index (χ4v) is 3.82. The van der Waals surface area contributed by atoms with E-state index in [1.54, 1.807) is 12.1 Å². The van der Waals surface area contributed by atoms with Gasteiger partial charge in [-0.2, -0.15) is 12.7 Å². The third kappa shape index (κ3) is 2.98.